The lowest BCUT2D eigenvalue weighted by Crippen LogP contribution is -2.15. The molecule has 0 saturated heterocycles. The zero-order valence-electron chi connectivity index (χ0n) is 18.5. The third-order valence-corrected chi connectivity index (χ3v) is 6.72. The number of nitrogens with zero attached hydrogens (tertiary/aromatic N) is 5. The van der Waals surface area contributed by atoms with Crippen LogP contribution in [0.4, 0.5) is 0 Å². The van der Waals surface area contributed by atoms with Gasteiger partial charge in [-0.25, -0.2) is 0 Å². The second-order valence-electron chi connectivity index (χ2n) is 7.70. The van der Waals surface area contributed by atoms with Gasteiger partial charge in [0.15, 0.2) is 28.3 Å². The van der Waals surface area contributed by atoms with E-state index in [1.807, 2.05) is 25.1 Å². The van der Waals surface area contributed by atoms with Gasteiger partial charge in [0.2, 0.25) is 5.89 Å². The molecule has 1 aliphatic rings. The number of ether oxygens (including phenoxy) is 2. The first-order chi connectivity index (χ1) is 15.1. The number of thioether (sulfide) groups is 1. The van der Waals surface area contributed by atoms with E-state index in [1.54, 1.807) is 26.0 Å². The minimum Gasteiger partial charge on any atom is -0.493 e. The molecule has 2 aromatic heterocycles. The van der Waals surface area contributed by atoms with Crippen LogP contribution >= 0.6 is 11.8 Å². The molecule has 0 radical (unpaired) electrons. The Labute approximate surface area is 186 Å². The normalized spacial score (nSPS) is 15.7. The van der Waals surface area contributed by atoms with Crippen molar-refractivity contribution in [3.05, 3.63) is 29.9 Å². The summed E-state index contributed by atoms with van der Waals surface area (Å²) < 4.78 is 18.6. The maximum atomic E-state index is 5.51. The number of aromatic nitrogens is 5. The molecule has 9 heteroatoms. The molecule has 0 spiro atoms. The predicted octanol–water partition coefficient (Wildman–Crippen LogP) is 5.27. The van der Waals surface area contributed by atoms with Crippen LogP contribution in [-0.2, 0) is 6.42 Å². The van der Waals surface area contributed by atoms with Crippen LogP contribution < -0.4 is 9.47 Å². The van der Waals surface area contributed by atoms with Crippen LogP contribution in [0.3, 0.4) is 0 Å². The van der Waals surface area contributed by atoms with E-state index in [1.165, 1.54) is 19.3 Å². The molecule has 31 heavy (non-hydrogen) atoms. The third-order valence-electron chi connectivity index (χ3n) is 5.68. The van der Waals surface area contributed by atoms with Crippen LogP contribution in [0.1, 0.15) is 69.0 Å². The highest BCUT2D eigenvalue weighted by Gasteiger charge is 2.27. The first-order valence-corrected chi connectivity index (χ1v) is 11.7. The minimum atomic E-state index is -0.0161. The van der Waals surface area contributed by atoms with Crippen molar-refractivity contribution < 1.29 is 14.0 Å². The van der Waals surface area contributed by atoms with Gasteiger partial charge in [0, 0.05) is 18.0 Å². The second kappa shape index (κ2) is 9.72. The number of methoxy groups -OCH3 is 2. The van der Waals surface area contributed by atoms with Crippen molar-refractivity contribution in [2.45, 2.75) is 68.8 Å². The Bertz CT molecular complexity index is 1010. The molecule has 3 aromatic rings. The van der Waals surface area contributed by atoms with Gasteiger partial charge in [-0.3, -0.25) is 4.57 Å². The summed E-state index contributed by atoms with van der Waals surface area (Å²) >= 11 is 1.61. The summed E-state index contributed by atoms with van der Waals surface area (Å²) in [6.07, 6.45) is 6.73. The van der Waals surface area contributed by atoms with E-state index in [0.29, 0.717) is 23.4 Å². The van der Waals surface area contributed by atoms with Crippen molar-refractivity contribution in [2.24, 2.45) is 0 Å². The summed E-state index contributed by atoms with van der Waals surface area (Å²) in [5.41, 5.74) is 0.960. The third kappa shape index (κ3) is 4.56. The van der Waals surface area contributed by atoms with Gasteiger partial charge in [0.25, 0.3) is 0 Å². The van der Waals surface area contributed by atoms with E-state index in [0.717, 1.165) is 41.6 Å². The van der Waals surface area contributed by atoms with Gasteiger partial charge in [0.1, 0.15) is 0 Å². The fourth-order valence-corrected chi connectivity index (χ4v) is 4.93. The molecular weight excluding hydrogens is 414 g/mol. The molecule has 1 aromatic carbocycles. The Morgan fingerprint density at radius 3 is 2.58 bits per heavy atom. The number of rotatable bonds is 8. The molecule has 1 saturated carbocycles. The zero-order chi connectivity index (χ0) is 21.8. The predicted molar refractivity (Wildman–Crippen MR) is 119 cm³/mol. The molecule has 0 amide bonds. The molecule has 0 bridgehead atoms. The molecule has 1 unspecified atom stereocenters. The fraction of sp³-hybridized carbons (Fsp3) is 0.545. The van der Waals surface area contributed by atoms with E-state index >= 15 is 0 Å². The molecule has 1 atom stereocenters. The Balaban J connectivity index is 1.70. The van der Waals surface area contributed by atoms with E-state index in [-0.39, 0.29) is 5.25 Å². The van der Waals surface area contributed by atoms with Crippen LogP contribution in [0, 0.1) is 0 Å². The number of benzene rings is 1. The van der Waals surface area contributed by atoms with Gasteiger partial charge in [0.05, 0.1) is 19.5 Å². The Kier molecular flexibility index (Phi) is 6.80. The zero-order valence-corrected chi connectivity index (χ0v) is 19.3. The van der Waals surface area contributed by atoms with E-state index in [2.05, 4.69) is 31.8 Å². The van der Waals surface area contributed by atoms with Gasteiger partial charge < -0.3 is 14.0 Å². The van der Waals surface area contributed by atoms with Crippen molar-refractivity contribution >= 4 is 11.8 Å². The summed E-state index contributed by atoms with van der Waals surface area (Å²) in [7, 11) is 3.28. The average molecular weight is 444 g/mol. The Morgan fingerprint density at radius 1 is 1.13 bits per heavy atom. The second-order valence-corrected chi connectivity index (χ2v) is 9.01. The number of hydrogen-bond donors (Lipinski definition) is 0. The SMILES string of the molecule is CCc1noc(C(C)Sc2nnc(-c3ccc(OC)c(OC)c3)n2C2CCCCC2)n1. The molecular formula is C22H29N5O3S. The molecule has 0 N–H and O–H groups in total. The summed E-state index contributed by atoms with van der Waals surface area (Å²) in [6, 6.07) is 6.25. The lowest BCUT2D eigenvalue weighted by Gasteiger charge is -2.26. The summed E-state index contributed by atoms with van der Waals surface area (Å²) in [5, 5.41) is 14.1. The Hall–Kier alpha value is -2.55. The highest BCUT2D eigenvalue weighted by Crippen LogP contribution is 2.41. The van der Waals surface area contributed by atoms with Crippen LogP contribution in [0.15, 0.2) is 27.9 Å². The molecule has 166 valence electrons. The summed E-state index contributed by atoms with van der Waals surface area (Å²) in [5.74, 6) is 3.57. The first kappa shape index (κ1) is 21.7. The van der Waals surface area contributed by atoms with Crippen LogP contribution in [0.2, 0.25) is 0 Å². The molecule has 1 fully saturated rings. The minimum absolute atomic E-state index is 0.0161. The van der Waals surface area contributed by atoms with Crippen LogP contribution in [0.5, 0.6) is 11.5 Å². The van der Waals surface area contributed by atoms with E-state index in [4.69, 9.17) is 14.0 Å². The van der Waals surface area contributed by atoms with Crippen LogP contribution in [0.25, 0.3) is 11.4 Å². The lowest BCUT2D eigenvalue weighted by molar-refractivity contribution is 0.338. The van der Waals surface area contributed by atoms with Gasteiger partial charge in [-0.1, -0.05) is 43.1 Å². The molecule has 4 rings (SSSR count). The molecule has 1 aliphatic carbocycles. The van der Waals surface area contributed by atoms with Gasteiger partial charge in [-0.05, 0) is 38.0 Å². The maximum absolute atomic E-state index is 5.51. The highest BCUT2D eigenvalue weighted by molar-refractivity contribution is 7.99. The summed E-state index contributed by atoms with van der Waals surface area (Å²) in [6.45, 7) is 4.08. The highest BCUT2D eigenvalue weighted by atomic mass is 32.2. The van der Waals surface area contributed by atoms with Crippen molar-refractivity contribution in [1.29, 1.82) is 0 Å². The van der Waals surface area contributed by atoms with Crippen molar-refractivity contribution in [2.75, 3.05) is 14.2 Å². The maximum Gasteiger partial charge on any atom is 0.239 e. The first-order valence-electron chi connectivity index (χ1n) is 10.8. The molecule has 8 nitrogen and oxygen atoms in total. The number of hydrogen-bond acceptors (Lipinski definition) is 8. The quantitative estimate of drug-likeness (QED) is 0.435. The van der Waals surface area contributed by atoms with E-state index in [9.17, 15) is 0 Å². The van der Waals surface area contributed by atoms with Gasteiger partial charge >= 0.3 is 0 Å². The van der Waals surface area contributed by atoms with Crippen LogP contribution in [-0.4, -0.2) is 39.1 Å². The lowest BCUT2D eigenvalue weighted by atomic mass is 9.95. The Morgan fingerprint density at radius 2 is 1.90 bits per heavy atom. The largest absolute Gasteiger partial charge is 0.493 e. The van der Waals surface area contributed by atoms with Gasteiger partial charge in [-0.15, -0.1) is 10.2 Å². The smallest absolute Gasteiger partial charge is 0.239 e. The molecule has 0 aliphatic heterocycles. The van der Waals surface area contributed by atoms with E-state index < -0.39 is 0 Å². The van der Waals surface area contributed by atoms with Crippen molar-refractivity contribution in [3.8, 4) is 22.9 Å². The topological polar surface area (TPSA) is 88.1 Å². The fourth-order valence-electron chi connectivity index (χ4n) is 3.98. The molecule has 2 heterocycles. The average Bonchev–Trinajstić information content (AvgIpc) is 3.46. The number of aryl methyl sites for hydroxylation is 1. The van der Waals surface area contributed by atoms with Crippen molar-refractivity contribution in [3.63, 3.8) is 0 Å². The monoisotopic (exact) mass is 443 g/mol. The summed E-state index contributed by atoms with van der Waals surface area (Å²) in [4.78, 5) is 4.49. The van der Waals surface area contributed by atoms with Gasteiger partial charge in [-0.2, -0.15) is 4.98 Å². The van der Waals surface area contributed by atoms with Crippen molar-refractivity contribution in [1.82, 2.24) is 24.9 Å². The standard InChI is InChI=1S/C22H29N5O3S/c1-5-19-23-21(30-26-19)14(2)31-22-25-24-20(27(22)16-9-7-6-8-10-16)15-11-12-17(28-3)18(13-15)29-4/h11-14,16H,5-10H2,1-4H3.